The third kappa shape index (κ3) is 3.42. The third-order valence-electron chi connectivity index (χ3n) is 2.98. The Morgan fingerprint density at radius 2 is 2.19 bits per heavy atom. The van der Waals surface area contributed by atoms with E-state index in [9.17, 15) is 8.42 Å². The fourth-order valence-electron chi connectivity index (χ4n) is 1.79. The van der Waals surface area contributed by atoms with Gasteiger partial charge in [-0.15, -0.1) is 0 Å². The highest BCUT2D eigenvalue weighted by Gasteiger charge is 2.29. The normalized spacial score (nSPS) is 15.1. The van der Waals surface area contributed by atoms with Gasteiger partial charge in [-0.3, -0.25) is 0 Å². The van der Waals surface area contributed by atoms with E-state index in [1.807, 2.05) is 0 Å². The molecule has 1 aromatic carbocycles. The molecule has 1 heterocycles. The van der Waals surface area contributed by atoms with Crippen LogP contribution in [0, 0.1) is 0 Å². The molecule has 7 nitrogen and oxygen atoms in total. The van der Waals surface area contributed by atoms with E-state index < -0.39 is 10.0 Å². The number of primary sulfonamides is 1. The minimum atomic E-state index is -3.88. The number of aromatic nitrogens is 2. The molecule has 0 saturated heterocycles. The maximum atomic E-state index is 11.5. The van der Waals surface area contributed by atoms with Gasteiger partial charge in [0.25, 0.3) is 0 Å². The number of halogens is 1. The van der Waals surface area contributed by atoms with Crippen molar-refractivity contribution < 1.29 is 17.7 Å². The molecule has 1 aliphatic carbocycles. The Kier molecular flexibility index (Phi) is 3.72. The minimum Gasteiger partial charge on any atom is -0.484 e. The lowest BCUT2D eigenvalue weighted by molar-refractivity contribution is 0.278. The zero-order valence-electron chi connectivity index (χ0n) is 10.8. The monoisotopic (exact) mass is 373 g/mol. The van der Waals surface area contributed by atoms with Crippen molar-refractivity contribution in [1.82, 2.24) is 10.1 Å². The van der Waals surface area contributed by atoms with E-state index in [1.165, 1.54) is 12.1 Å². The summed E-state index contributed by atoms with van der Waals surface area (Å²) in [5, 5.41) is 8.97. The van der Waals surface area contributed by atoms with Crippen LogP contribution in [0.25, 0.3) is 0 Å². The fraction of sp³-hybridized carbons (Fsp3) is 0.333. The van der Waals surface area contributed by atoms with Crippen molar-refractivity contribution in [2.24, 2.45) is 5.14 Å². The topological polar surface area (TPSA) is 108 Å². The van der Waals surface area contributed by atoms with Gasteiger partial charge < -0.3 is 9.26 Å². The molecule has 0 spiro atoms. The number of hydrogen-bond donors (Lipinski definition) is 1. The zero-order valence-corrected chi connectivity index (χ0v) is 13.2. The SMILES string of the molecule is NS(=O)(=O)c1cc(Br)ccc1OCc1noc(C2CC2)n1. The number of rotatable bonds is 5. The molecule has 1 aliphatic rings. The van der Waals surface area contributed by atoms with Crippen LogP contribution in [-0.2, 0) is 16.6 Å². The summed E-state index contributed by atoms with van der Waals surface area (Å²) in [6.45, 7) is 0.0143. The summed E-state index contributed by atoms with van der Waals surface area (Å²) < 4.78 is 34.2. The number of benzene rings is 1. The number of nitrogens with two attached hydrogens (primary N) is 1. The number of sulfonamides is 1. The summed E-state index contributed by atoms with van der Waals surface area (Å²) in [7, 11) is -3.88. The second-order valence-electron chi connectivity index (χ2n) is 4.75. The first-order valence-electron chi connectivity index (χ1n) is 6.21. The first-order chi connectivity index (χ1) is 9.93. The van der Waals surface area contributed by atoms with Crippen molar-refractivity contribution in [1.29, 1.82) is 0 Å². The van der Waals surface area contributed by atoms with Gasteiger partial charge in [0.05, 0.1) is 0 Å². The van der Waals surface area contributed by atoms with Crippen LogP contribution in [-0.4, -0.2) is 18.6 Å². The molecule has 0 radical (unpaired) electrons. The molecule has 112 valence electrons. The van der Waals surface area contributed by atoms with Crippen LogP contribution >= 0.6 is 15.9 Å². The number of nitrogens with zero attached hydrogens (tertiary/aromatic N) is 2. The largest absolute Gasteiger partial charge is 0.484 e. The van der Waals surface area contributed by atoms with Gasteiger partial charge in [0.2, 0.25) is 21.7 Å². The molecule has 21 heavy (non-hydrogen) atoms. The summed E-state index contributed by atoms with van der Waals surface area (Å²) in [6, 6.07) is 4.57. The van der Waals surface area contributed by atoms with Crippen molar-refractivity contribution in [2.45, 2.75) is 30.3 Å². The maximum Gasteiger partial charge on any atom is 0.241 e. The quantitative estimate of drug-likeness (QED) is 0.857. The second-order valence-corrected chi connectivity index (χ2v) is 7.19. The van der Waals surface area contributed by atoms with E-state index in [2.05, 4.69) is 26.1 Å². The van der Waals surface area contributed by atoms with Crippen LogP contribution < -0.4 is 9.88 Å². The third-order valence-corrected chi connectivity index (χ3v) is 4.40. The van der Waals surface area contributed by atoms with Gasteiger partial charge in [0.15, 0.2) is 6.61 Å². The maximum absolute atomic E-state index is 11.5. The number of hydrogen-bond acceptors (Lipinski definition) is 6. The molecule has 0 unspecified atom stereocenters. The highest BCUT2D eigenvalue weighted by molar-refractivity contribution is 9.10. The van der Waals surface area contributed by atoms with Crippen molar-refractivity contribution >= 4 is 26.0 Å². The molecule has 2 N–H and O–H groups in total. The predicted octanol–water partition coefficient (Wildman–Crippen LogP) is 1.94. The van der Waals surface area contributed by atoms with Gasteiger partial charge in [-0.1, -0.05) is 21.1 Å². The van der Waals surface area contributed by atoms with E-state index in [0.717, 1.165) is 12.8 Å². The van der Waals surface area contributed by atoms with Gasteiger partial charge in [-0.25, -0.2) is 13.6 Å². The Balaban J connectivity index is 1.77. The van der Waals surface area contributed by atoms with E-state index >= 15 is 0 Å². The molecule has 0 aliphatic heterocycles. The molecular formula is C12H12BrN3O4S. The Hall–Kier alpha value is -1.45. The summed E-state index contributed by atoms with van der Waals surface area (Å²) in [4.78, 5) is 4.11. The lowest BCUT2D eigenvalue weighted by atomic mass is 10.3. The summed E-state index contributed by atoms with van der Waals surface area (Å²) in [5.74, 6) is 1.49. The van der Waals surface area contributed by atoms with Crippen LogP contribution in [0.5, 0.6) is 5.75 Å². The first-order valence-corrected chi connectivity index (χ1v) is 8.55. The molecule has 0 atom stereocenters. The molecular weight excluding hydrogens is 362 g/mol. The average Bonchev–Trinajstić information content (AvgIpc) is 3.16. The van der Waals surface area contributed by atoms with E-state index in [4.69, 9.17) is 14.4 Å². The Bertz CT molecular complexity index is 771. The van der Waals surface area contributed by atoms with Crippen LogP contribution in [0.15, 0.2) is 32.1 Å². The van der Waals surface area contributed by atoms with Crippen LogP contribution in [0.1, 0.15) is 30.5 Å². The van der Waals surface area contributed by atoms with Crippen LogP contribution in [0.2, 0.25) is 0 Å². The zero-order chi connectivity index (χ0) is 15.0. The molecule has 3 rings (SSSR count). The first kappa shape index (κ1) is 14.5. The molecule has 2 aromatic rings. The lowest BCUT2D eigenvalue weighted by Crippen LogP contribution is -2.14. The summed E-state index contributed by atoms with van der Waals surface area (Å²) in [5.41, 5.74) is 0. The van der Waals surface area contributed by atoms with Crippen LogP contribution in [0.3, 0.4) is 0 Å². The van der Waals surface area contributed by atoms with Gasteiger partial charge in [0.1, 0.15) is 10.6 Å². The van der Waals surface area contributed by atoms with Gasteiger partial charge >= 0.3 is 0 Å². The number of ether oxygens (including phenoxy) is 1. The molecule has 1 saturated carbocycles. The Morgan fingerprint density at radius 3 is 2.86 bits per heavy atom. The van der Waals surface area contributed by atoms with Crippen molar-refractivity contribution in [3.05, 3.63) is 34.4 Å². The minimum absolute atomic E-state index is 0.0143. The van der Waals surface area contributed by atoms with Gasteiger partial charge in [0, 0.05) is 10.4 Å². The Labute approximate surface area is 129 Å². The van der Waals surface area contributed by atoms with Gasteiger partial charge in [-0.05, 0) is 31.0 Å². The van der Waals surface area contributed by atoms with Gasteiger partial charge in [-0.2, -0.15) is 4.98 Å². The van der Waals surface area contributed by atoms with Crippen molar-refractivity contribution in [2.75, 3.05) is 0 Å². The van der Waals surface area contributed by atoms with Crippen LogP contribution in [0.4, 0.5) is 0 Å². The van der Waals surface area contributed by atoms with E-state index in [1.54, 1.807) is 6.07 Å². The smallest absolute Gasteiger partial charge is 0.241 e. The average molecular weight is 374 g/mol. The van der Waals surface area contributed by atoms with Crippen molar-refractivity contribution in [3.8, 4) is 5.75 Å². The molecule has 0 amide bonds. The molecule has 0 bridgehead atoms. The lowest BCUT2D eigenvalue weighted by Gasteiger charge is -2.08. The Morgan fingerprint density at radius 1 is 1.43 bits per heavy atom. The standard InChI is InChI=1S/C12H12BrN3O4S/c13-8-3-4-9(10(5-8)21(14,17)18)19-6-11-15-12(20-16-11)7-1-2-7/h3-5,7H,1-2,6H2,(H2,14,17,18). The van der Waals surface area contributed by atoms with Crippen molar-refractivity contribution in [3.63, 3.8) is 0 Å². The summed E-state index contributed by atoms with van der Waals surface area (Å²) in [6.07, 6.45) is 2.12. The predicted molar refractivity (Wildman–Crippen MR) is 76.1 cm³/mol. The van der Waals surface area contributed by atoms with E-state index in [-0.39, 0.29) is 17.3 Å². The summed E-state index contributed by atoms with van der Waals surface area (Å²) >= 11 is 3.20. The molecule has 1 aromatic heterocycles. The molecule has 9 heteroatoms. The van der Waals surface area contributed by atoms with E-state index in [0.29, 0.717) is 22.1 Å². The highest BCUT2D eigenvalue weighted by atomic mass is 79.9. The fourth-order valence-corrected chi connectivity index (χ4v) is 3.00. The second kappa shape index (κ2) is 5.39. The molecule has 1 fully saturated rings. The highest BCUT2D eigenvalue weighted by Crippen LogP contribution is 2.38.